The summed E-state index contributed by atoms with van der Waals surface area (Å²) in [6.45, 7) is 6.33. The van der Waals surface area contributed by atoms with Gasteiger partial charge in [-0.1, -0.05) is 20.8 Å². The molecular weight excluding hydrogens is 288 g/mol. The second-order valence-electron chi connectivity index (χ2n) is 6.85. The number of ether oxygens (including phenoxy) is 1. The normalized spacial score (nSPS) is 26.4. The molecule has 0 spiro atoms. The molecule has 1 amide bonds. The second-order valence-corrected chi connectivity index (χ2v) is 6.85. The number of aliphatic carboxylic acids is 1. The molecule has 7 heteroatoms. The summed E-state index contributed by atoms with van der Waals surface area (Å²) in [4.78, 5) is 22.3. The van der Waals surface area contributed by atoms with Gasteiger partial charge in [-0.3, -0.25) is 9.59 Å². The third-order valence-corrected chi connectivity index (χ3v) is 4.31. The minimum absolute atomic E-state index is 0.0726. The first-order chi connectivity index (χ1) is 10.2. The number of aliphatic hydroxyl groups excluding tert-OH is 1. The van der Waals surface area contributed by atoms with Crippen LogP contribution >= 0.6 is 0 Å². The molecule has 0 radical (unpaired) electrons. The maximum Gasteiger partial charge on any atom is 0.305 e. The van der Waals surface area contributed by atoms with Crippen LogP contribution in [0.15, 0.2) is 0 Å². The Labute approximate surface area is 131 Å². The van der Waals surface area contributed by atoms with Crippen LogP contribution in [0.1, 0.15) is 40.0 Å². The number of rotatable bonds is 8. The van der Waals surface area contributed by atoms with Gasteiger partial charge in [0.2, 0.25) is 5.91 Å². The molecule has 1 aliphatic carbocycles. The number of carboxylic acids is 1. The van der Waals surface area contributed by atoms with Crippen LogP contribution in [0.4, 0.5) is 0 Å². The van der Waals surface area contributed by atoms with Gasteiger partial charge in [-0.05, 0) is 24.2 Å². The Hall–Kier alpha value is -1.18. The fraction of sp³-hybridized carbons (Fsp3) is 0.867. The average Bonchev–Trinajstić information content (AvgIpc) is 2.67. The van der Waals surface area contributed by atoms with Gasteiger partial charge >= 0.3 is 5.97 Å². The standard InChI is InChI=1S/C15H28N2O5/c1-9-4-5-15(2,3)13(9)22-8-10(7-18)17-14(21)11(16)6-12(19)20/h9-11,13,18H,4-8,16H2,1-3H3,(H,17,21)(H,19,20)/t9?,10?,11-,13?/m0/s1. The van der Waals surface area contributed by atoms with E-state index in [2.05, 4.69) is 26.1 Å². The molecule has 7 nitrogen and oxygen atoms in total. The van der Waals surface area contributed by atoms with Crippen molar-refractivity contribution in [3.63, 3.8) is 0 Å². The first-order valence-corrected chi connectivity index (χ1v) is 7.67. The zero-order valence-corrected chi connectivity index (χ0v) is 13.5. The summed E-state index contributed by atoms with van der Waals surface area (Å²) < 4.78 is 5.91. The van der Waals surface area contributed by atoms with Gasteiger partial charge in [-0.15, -0.1) is 0 Å². The maximum atomic E-state index is 11.8. The van der Waals surface area contributed by atoms with Gasteiger partial charge in [0.15, 0.2) is 0 Å². The van der Waals surface area contributed by atoms with E-state index in [-0.39, 0.29) is 24.7 Å². The molecule has 3 unspecified atom stereocenters. The van der Waals surface area contributed by atoms with Crippen molar-refractivity contribution in [3.8, 4) is 0 Å². The Morgan fingerprint density at radius 2 is 2.09 bits per heavy atom. The number of carboxylic acid groups (broad SMARTS) is 1. The van der Waals surface area contributed by atoms with Crippen molar-refractivity contribution in [1.29, 1.82) is 0 Å². The highest BCUT2D eigenvalue weighted by molar-refractivity contribution is 5.86. The lowest BCUT2D eigenvalue weighted by molar-refractivity contribution is -0.139. The Balaban J connectivity index is 2.48. The fourth-order valence-electron chi connectivity index (χ4n) is 3.00. The summed E-state index contributed by atoms with van der Waals surface area (Å²) in [5.41, 5.74) is 5.56. The third-order valence-electron chi connectivity index (χ3n) is 4.31. The maximum absolute atomic E-state index is 11.8. The Kier molecular flexibility index (Phi) is 6.77. The van der Waals surface area contributed by atoms with Crippen molar-refractivity contribution in [2.45, 2.75) is 58.2 Å². The van der Waals surface area contributed by atoms with Crippen LogP contribution in [0, 0.1) is 11.3 Å². The molecule has 1 saturated carbocycles. The molecule has 22 heavy (non-hydrogen) atoms. The van der Waals surface area contributed by atoms with E-state index in [4.69, 9.17) is 15.6 Å². The summed E-state index contributed by atoms with van der Waals surface area (Å²) in [6.07, 6.45) is 1.80. The van der Waals surface area contributed by atoms with Crippen LogP contribution in [0.5, 0.6) is 0 Å². The molecule has 0 aromatic carbocycles. The van der Waals surface area contributed by atoms with Crippen LogP contribution < -0.4 is 11.1 Å². The second kappa shape index (κ2) is 7.89. The van der Waals surface area contributed by atoms with Crippen molar-refractivity contribution in [2.24, 2.45) is 17.1 Å². The third kappa shape index (κ3) is 5.23. The van der Waals surface area contributed by atoms with Gasteiger partial charge in [0.05, 0.1) is 37.8 Å². The van der Waals surface area contributed by atoms with Crippen molar-refractivity contribution in [1.82, 2.24) is 5.32 Å². The molecular formula is C15H28N2O5. The fourth-order valence-corrected chi connectivity index (χ4v) is 3.00. The molecule has 0 heterocycles. The molecule has 0 aliphatic heterocycles. The smallest absolute Gasteiger partial charge is 0.305 e. The van der Waals surface area contributed by atoms with E-state index < -0.39 is 30.4 Å². The molecule has 4 atom stereocenters. The average molecular weight is 316 g/mol. The van der Waals surface area contributed by atoms with Crippen molar-refractivity contribution in [2.75, 3.05) is 13.2 Å². The largest absolute Gasteiger partial charge is 0.481 e. The first kappa shape index (κ1) is 18.9. The predicted octanol–water partition coefficient (Wildman–Crippen LogP) is 0.107. The van der Waals surface area contributed by atoms with Gasteiger partial charge in [0.25, 0.3) is 0 Å². The van der Waals surface area contributed by atoms with Gasteiger partial charge < -0.3 is 26.0 Å². The molecule has 0 aromatic heterocycles. The number of hydrogen-bond donors (Lipinski definition) is 4. The highest BCUT2D eigenvalue weighted by Crippen LogP contribution is 2.42. The monoisotopic (exact) mass is 316 g/mol. The summed E-state index contributed by atoms with van der Waals surface area (Å²) in [5, 5.41) is 20.5. The Morgan fingerprint density at radius 3 is 2.55 bits per heavy atom. The molecule has 1 aliphatic rings. The molecule has 5 N–H and O–H groups in total. The summed E-state index contributed by atoms with van der Waals surface area (Å²) in [7, 11) is 0. The minimum atomic E-state index is -1.14. The molecule has 0 saturated heterocycles. The predicted molar refractivity (Wildman–Crippen MR) is 81.2 cm³/mol. The zero-order valence-electron chi connectivity index (χ0n) is 13.5. The van der Waals surface area contributed by atoms with Gasteiger partial charge in [-0.25, -0.2) is 0 Å². The van der Waals surface area contributed by atoms with E-state index in [1.807, 2.05) is 0 Å². The Morgan fingerprint density at radius 1 is 1.45 bits per heavy atom. The van der Waals surface area contributed by atoms with E-state index in [0.29, 0.717) is 5.92 Å². The van der Waals surface area contributed by atoms with Crippen molar-refractivity contribution >= 4 is 11.9 Å². The number of carbonyl (C=O) groups is 2. The van der Waals surface area contributed by atoms with Gasteiger partial charge in [-0.2, -0.15) is 0 Å². The summed E-state index contributed by atoms with van der Waals surface area (Å²) >= 11 is 0. The van der Waals surface area contributed by atoms with E-state index in [1.165, 1.54) is 0 Å². The van der Waals surface area contributed by atoms with Crippen LogP contribution in [0.25, 0.3) is 0 Å². The molecule has 128 valence electrons. The van der Waals surface area contributed by atoms with Crippen LogP contribution in [0.3, 0.4) is 0 Å². The summed E-state index contributed by atoms with van der Waals surface area (Å²) in [5.74, 6) is -1.30. The number of carbonyl (C=O) groups excluding carboxylic acids is 1. The first-order valence-electron chi connectivity index (χ1n) is 7.67. The highest BCUT2D eigenvalue weighted by Gasteiger charge is 2.40. The molecule has 1 fully saturated rings. The van der Waals surface area contributed by atoms with Crippen LogP contribution in [0.2, 0.25) is 0 Å². The van der Waals surface area contributed by atoms with Crippen LogP contribution in [-0.2, 0) is 14.3 Å². The number of hydrogen-bond acceptors (Lipinski definition) is 5. The lowest BCUT2D eigenvalue weighted by atomic mass is 9.87. The number of aliphatic hydroxyl groups is 1. The van der Waals surface area contributed by atoms with Gasteiger partial charge in [0.1, 0.15) is 0 Å². The SMILES string of the molecule is CC1CCC(C)(C)C1OCC(CO)NC(=O)[C@@H](N)CC(=O)O. The van der Waals surface area contributed by atoms with Gasteiger partial charge in [0, 0.05) is 0 Å². The summed E-state index contributed by atoms with van der Waals surface area (Å²) in [6, 6.07) is -1.72. The van der Waals surface area contributed by atoms with E-state index in [0.717, 1.165) is 12.8 Å². The molecule has 0 aromatic rings. The van der Waals surface area contributed by atoms with E-state index in [9.17, 15) is 14.7 Å². The lowest BCUT2D eigenvalue weighted by Crippen LogP contribution is -2.50. The topological polar surface area (TPSA) is 122 Å². The quantitative estimate of drug-likeness (QED) is 0.504. The van der Waals surface area contributed by atoms with Crippen molar-refractivity contribution < 1.29 is 24.5 Å². The highest BCUT2D eigenvalue weighted by atomic mass is 16.5. The Bertz CT molecular complexity index is 399. The number of nitrogens with one attached hydrogen (secondary N) is 1. The number of amides is 1. The molecule has 0 bridgehead atoms. The molecule has 1 rings (SSSR count). The number of nitrogens with two attached hydrogens (primary N) is 1. The minimum Gasteiger partial charge on any atom is -0.481 e. The van der Waals surface area contributed by atoms with Crippen LogP contribution in [-0.4, -0.2) is 53.5 Å². The zero-order chi connectivity index (χ0) is 16.9. The lowest BCUT2D eigenvalue weighted by Gasteiger charge is -2.31. The van der Waals surface area contributed by atoms with E-state index in [1.54, 1.807) is 0 Å². The van der Waals surface area contributed by atoms with Crippen molar-refractivity contribution in [3.05, 3.63) is 0 Å². The van der Waals surface area contributed by atoms with E-state index >= 15 is 0 Å².